The van der Waals surface area contributed by atoms with E-state index in [-0.39, 0.29) is 5.91 Å². The Balaban J connectivity index is 2.21. The van der Waals surface area contributed by atoms with Crippen LogP contribution >= 0.6 is 27.3 Å². The third kappa shape index (κ3) is 2.48. The van der Waals surface area contributed by atoms with Crippen molar-refractivity contribution in [2.75, 3.05) is 5.32 Å². The Morgan fingerprint density at radius 1 is 1.50 bits per heavy atom. The number of thiazole rings is 1. The van der Waals surface area contributed by atoms with E-state index >= 15 is 0 Å². The van der Waals surface area contributed by atoms with Crippen LogP contribution in [-0.4, -0.2) is 10.9 Å². The van der Waals surface area contributed by atoms with E-state index in [0.29, 0.717) is 5.69 Å². The van der Waals surface area contributed by atoms with Gasteiger partial charge in [-0.2, -0.15) is 0 Å². The average molecular weight is 297 g/mol. The molecule has 2 aromatic rings. The molecule has 0 spiro atoms. The Bertz CT molecular complexity index is 511. The van der Waals surface area contributed by atoms with E-state index in [2.05, 4.69) is 26.2 Å². The topological polar surface area (TPSA) is 42.0 Å². The average Bonchev–Trinajstić information content (AvgIpc) is 2.76. The number of hydrogen-bond donors (Lipinski definition) is 1. The largest absolute Gasteiger partial charge is 0.320 e. The van der Waals surface area contributed by atoms with Crippen molar-refractivity contribution in [3.05, 3.63) is 44.8 Å². The molecule has 0 aliphatic heterocycles. The SMILES string of the molecule is Cc1ccc(Br)c(NC(=O)c2cscn2)c1. The number of halogens is 1. The van der Waals surface area contributed by atoms with Gasteiger partial charge in [0.15, 0.2) is 0 Å². The lowest BCUT2D eigenvalue weighted by Crippen LogP contribution is -2.12. The van der Waals surface area contributed by atoms with Gasteiger partial charge in [-0.05, 0) is 40.5 Å². The smallest absolute Gasteiger partial charge is 0.275 e. The molecule has 1 N–H and O–H groups in total. The number of hydrogen-bond acceptors (Lipinski definition) is 3. The molecule has 0 saturated heterocycles. The van der Waals surface area contributed by atoms with Crippen LogP contribution in [0.4, 0.5) is 5.69 Å². The van der Waals surface area contributed by atoms with Crippen LogP contribution in [0.25, 0.3) is 0 Å². The normalized spacial score (nSPS) is 10.1. The maximum atomic E-state index is 11.8. The fraction of sp³-hybridized carbons (Fsp3) is 0.0909. The molecule has 0 aliphatic carbocycles. The van der Waals surface area contributed by atoms with Crippen molar-refractivity contribution in [3.63, 3.8) is 0 Å². The number of amides is 1. The Morgan fingerprint density at radius 2 is 2.31 bits per heavy atom. The summed E-state index contributed by atoms with van der Waals surface area (Å²) in [5.41, 5.74) is 3.94. The van der Waals surface area contributed by atoms with Crippen LogP contribution in [0.15, 0.2) is 33.6 Å². The standard InChI is InChI=1S/C11H9BrN2OS/c1-7-2-3-8(12)9(4-7)14-11(15)10-5-16-6-13-10/h2-6H,1H3,(H,14,15). The Morgan fingerprint density at radius 3 is 3.00 bits per heavy atom. The van der Waals surface area contributed by atoms with Crippen LogP contribution in [0, 0.1) is 6.92 Å². The van der Waals surface area contributed by atoms with Crippen LogP contribution in [0.1, 0.15) is 16.1 Å². The van der Waals surface area contributed by atoms with Gasteiger partial charge in [-0.15, -0.1) is 11.3 Å². The second-order valence-corrected chi connectivity index (χ2v) is 4.88. The van der Waals surface area contributed by atoms with Crippen molar-refractivity contribution in [2.45, 2.75) is 6.92 Å². The van der Waals surface area contributed by atoms with Crippen molar-refractivity contribution in [3.8, 4) is 0 Å². The fourth-order valence-corrected chi connectivity index (χ4v) is 2.12. The van der Waals surface area contributed by atoms with Gasteiger partial charge < -0.3 is 5.32 Å². The van der Waals surface area contributed by atoms with E-state index in [1.54, 1.807) is 10.9 Å². The lowest BCUT2D eigenvalue weighted by molar-refractivity contribution is 0.102. The lowest BCUT2D eigenvalue weighted by atomic mass is 10.2. The minimum atomic E-state index is -0.187. The lowest BCUT2D eigenvalue weighted by Gasteiger charge is -2.06. The van der Waals surface area contributed by atoms with Gasteiger partial charge >= 0.3 is 0 Å². The fourth-order valence-electron chi connectivity index (χ4n) is 1.25. The number of carbonyl (C=O) groups is 1. The first-order chi connectivity index (χ1) is 7.66. The van der Waals surface area contributed by atoms with Crippen LogP contribution in [0.3, 0.4) is 0 Å². The summed E-state index contributed by atoms with van der Waals surface area (Å²) in [6.45, 7) is 1.98. The van der Waals surface area contributed by atoms with Crippen molar-refractivity contribution in [1.29, 1.82) is 0 Å². The summed E-state index contributed by atoms with van der Waals surface area (Å²) in [5, 5.41) is 4.53. The molecule has 0 unspecified atom stereocenters. The summed E-state index contributed by atoms with van der Waals surface area (Å²) < 4.78 is 0.863. The zero-order chi connectivity index (χ0) is 11.5. The van der Waals surface area contributed by atoms with Crippen LogP contribution < -0.4 is 5.32 Å². The molecule has 3 nitrogen and oxygen atoms in total. The summed E-state index contributed by atoms with van der Waals surface area (Å²) in [4.78, 5) is 15.7. The second kappa shape index (κ2) is 4.76. The number of aryl methyl sites for hydroxylation is 1. The second-order valence-electron chi connectivity index (χ2n) is 3.31. The van der Waals surface area contributed by atoms with Gasteiger partial charge in [0, 0.05) is 9.85 Å². The van der Waals surface area contributed by atoms with Crippen molar-refractivity contribution in [2.24, 2.45) is 0 Å². The molecule has 0 fully saturated rings. The van der Waals surface area contributed by atoms with Crippen LogP contribution in [0.2, 0.25) is 0 Å². The zero-order valence-electron chi connectivity index (χ0n) is 8.53. The van der Waals surface area contributed by atoms with Crippen molar-refractivity contribution >= 4 is 38.9 Å². The van der Waals surface area contributed by atoms with Crippen molar-refractivity contribution in [1.82, 2.24) is 4.98 Å². The van der Waals surface area contributed by atoms with Gasteiger partial charge in [-0.25, -0.2) is 4.98 Å². The zero-order valence-corrected chi connectivity index (χ0v) is 10.9. The summed E-state index contributed by atoms with van der Waals surface area (Å²) in [6.07, 6.45) is 0. The van der Waals surface area contributed by atoms with E-state index in [1.165, 1.54) is 11.3 Å². The van der Waals surface area contributed by atoms with E-state index in [9.17, 15) is 4.79 Å². The molecule has 1 heterocycles. The number of anilines is 1. The Hall–Kier alpha value is -1.20. The van der Waals surface area contributed by atoms with Gasteiger partial charge in [-0.1, -0.05) is 6.07 Å². The van der Waals surface area contributed by atoms with Crippen LogP contribution in [0.5, 0.6) is 0 Å². The van der Waals surface area contributed by atoms with E-state index in [4.69, 9.17) is 0 Å². The Kier molecular flexibility index (Phi) is 3.36. The number of nitrogens with zero attached hydrogens (tertiary/aromatic N) is 1. The van der Waals surface area contributed by atoms with Crippen molar-refractivity contribution < 1.29 is 4.79 Å². The number of nitrogens with one attached hydrogen (secondary N) is 1. The predicted molar refractivity (Wildman–Crippen MR) is 68.9 cm³/mol. The molecule has 0 radical (unpaired) electrons. The first-order valence-electron chi connectivity index (χ1n) is 4.62. The van der Waals surface area contributed by atoms with E-state index in [0.717, 1.165) is 15.7 Å². The molecule has 5 heteroatoms. The van der Waals surface area contributed by atoms with E-state index in [1.807, 2.05) is 25.1 Å². The molecule has 16 heavy (non-hydrogen) atoms. The monoisotopic (exact) mass is 296 g/mol. The van der Waals surface area contributed by atoms with Gasteiger partial charge in [0.25, 0.3) is 5.91 Å². The molecular weight excluding hydrogens is 288 g/mol. The number of benzene rings is 1. The highest BCUT2D eigenvalue weighted by Crippen LogP contribution is 2.23. The minimum Gasteiger partial charge on any atom is -0.320 e. The summed E-state index contributed by atoms with van der Waals surface area (Å²) in [5.74, 6) is -0.187. The summed E-state index contributed by atoms with van der Waals surface area (Å²) >= 11 is 4.79. The number of carbonyl (C=O) groups excluding carboxylic acids is 1. The molecule has 1 aromatic carbocycles. The van der Waals surface area contributed by atoms with Gasteiger partial charge in [0.1, 0.15) is 5.69 Å². The van der Waals surface area contributed by atoms with Gasteiger partial charge in [0.2, 0.25) is 0 Å². The minimum absolute atomic E-state index is 0.187. The molecule has 0 aliphatic rings. The highest BCUT2D eigenvalue weighted by Gasteiger charge is 2.09. The number of aromatic nitrogens is 1. The first-order valence-corrected chi connectivity index (χ1v) is 6.36. The Labute approximate surface area is 106 Å². The molecule has 0 atom stereocenters. The highest BCUT2D eigenvalue weighted by atomic mass is 79.9. The quantitative estimate of drug-likeness (QED) is 0.922. The molecule has 2 rings (SSSR count). The highest BCUT2D eigenvalue weighted by molar-refractivity contribution is 9.10. The maximum Gasteiger partial charge on any atom is 0.275 e. The predicted octanol–water partition coefficient (Wildman–Crippen LogP) is 3.47. The third-order valence-electron chi connectivity index (χ3n) is 2.04. The molecule has 82 valence electrons. The summed E-state index contributed by atoms with van der Waals surface area (Å²) in [6, 6.07) is 5.79. The van der Waals surface area contributed by atoms with E-state index < -0.39 is 0 Å². The van der Waals surface area contributed by atoms with Crippen LogP contribution in [-0.2, 0) is 0 Å². The van der Waals surface area contributed by atoms with Gasteiger partial charge in [0.05, 0.1) is 11.2 Å². The molecular formula is C11H9BrN2OS. The third-order valence-corrected chi connectivity index (χ3v) is 3.31. The summed E-state index contributed by atoms with van der Waals surface area (Å²) in [7, 11) is 0. The molecule has 1 aromatic heterocycles. The maximum absolute atomic E-state index is 11.8. The first kappa shape index (κ1) is 11.3. The molecule has 0 bridgehead atoms. The number of rotatable bonds is 2. The molecule has 1 amide bonds. The molecule has 0 saturated carbocycles. The van der Waals surface area contributed by atoms with Gasteiger partial charge in [-0.3, -0.25) is 4.79 Å².